The molecule has 0 aliphatic carbocycles. The summed E-state index contributed by atoms with van der Waals surface area (Å²) in [7, 11) is 0. The monoisotopic (exact) mass is 171 g/mol. The van der Waals surface area contributed by atoms with Gasteiger partial charge in [-0.1, -0.05) is 19.4 Å². The molecule has 62 valence electrons. The number of unbranched alkanes of at least 4 members (excludes halogenated alkanes) is 1. The van der Waals surface area contributed by atoms with Crippen LogP contribution in [-0.2, 0) is 0 Å². The first-order valence-corrected chi connectivity index (χ1v) is 4.36. The van der Waals surface area contributed by atoms with Gasteiger partial charge in [0.05, 0.1) is 0 Å². The van der Waals surface area contributed by atoms with Gasteiger partial charge >= 0.3 is 0 Å². The van der Waals surface area contributed by atoms with Crippen LogP contribution in [0.3, 0.4) is 0 Å². The number of halogens is 1. The molecule has 0 atom stereocenters. The molecule has 11 heavy (non-hydrogen) atoms. The zero-order chi connectivity index (χ0) is 8.36. The highest BCUT2D eigenvalue weighted by molar-refractivity contribution is 6.17. The third-order valence-corrected chi connectivity index (χ3v) is 1.32. The van der Waals surface area contributed by atoms with Gasteiger partial charge in [0.25, 0.3) is 0 Å². The zero-order valence-corrected chi connectivity index (χ0v) is 7.59. The third kappa shape index (κ3) is 9.44. The highest BCUT2D eigenvalue weighted by Crippen LogP contribution is 1.86. The van der Waals surface area contributed by atoms with Crippen LogP contribution in [0, 0.1) is 0 Å². The van der Waals surface area contributed by atoms with Crippen molar-refractivity contribution in [3.63, 3.8) is 0 Å². The van der Waals surface area contributed by atoms with Crippen molar-refractivity contribution >= 4 is 11.6 Å². The van der Waals surface area contributed by atoms with Crippen molar-refractivity contribution in [1.29, 1.82) is 0 Å². The molecular weight excluding hydrogens is 158 g/mol. The van der Waals surface area contributed by atoms with E-state index in [0.29, 0.717) is 0 Å². The molecule has 0 saturated heterocycles. The predicted molar refractivity (Wildman–Crippen MR) is 49.9 cm³/mol. The normalized spacial score (nSPS) is 8.18. The van der Waals surface area contributed by atoms with Crippen LogP contribution in [-0.4, -0.2) is 10.9 Å². The number of pyridine rings is 1. The Balaban J connectivity index is 0.000000187. The molecule has 0 spiro atoms. The largest absolute Gasteiger partial charge is 0.265 e. The number of hydrogen-bond donors (Lipinski definition) is 0. The molecule has 0 aliphatic rings. The Morgan fingerprint density at radius 3 is 1.91 bits per heavy atom. The van der Waals surface area contributed by atoms with E-state index < -0.39 is 0 Å². The SMILES string of the molecule is CCCCCl.c1ccncc1. The zero-order valence-electron chi connectivity index (χ0n) is 6.83. The van der Waals surface area contributed by atoms with E-state index in [9.17, 15) is 0 Å². The van der Waals surface area contributed by atoms with Crippen molar-refractivity contribution in [3.8, 4) is 0 Å². The Bertz CT molecular complexity index is 113. The summed E-state index contributed by atoms with van der Waals surface area (Å²) >= 11 is 5.30. The molecule has 1 aromatic rings. The summed E-state index contributed by atoms with van der Waals surface area (Å²) in [5.74, 6) is 0.816. The van der Waals surface area contributed by atoms with Crippen molar-refractivity contribution in [2.75, 3.05) is 5.88 Å². The molecule has 0 amide bonds. The molecule has 0 radical (unpaired) electrons. The van der Waals surface area contributed by atoms with Crippen molar-refractivity contribution in [2.45, 2.75) is 19.8 Å². The van der Waals surface area contributed by atoms with E-state index >= 15 is 0 Å². The summed E-state index contributed by atoms with van der Waals surface area (Å²) in [5, 5.41) is 0. The van der Waals surface area contributed by atoms with Gasteiger partial charge in [0.15, 0.2) is 0 Å². The summed E-state index contributed by atoms with van der Waals surface area (Å²) in [6, 6.07) is 5.72. The molecular formula is C9H14ClN. The van der Waals surface area contributed by atoms with E-state index in [0.717, 1.165) is 12.3 Å². The van der Waals surface area contributed by atoms with Crippen LogP contribution >= 0.6 is 11.6 Å². The van der Waals surface area contributed by atoms with E-state index in [1.165, 1.54) is 6.42 Å². The van der Waals surface area contributed by atoms with Crippen LogP contribution in [0.5, 0.6) is 0 Å². The highest BCUT2D eigenvalue weighted by atomic mass is 35.5. The lowest BCUT2D eigenvalue weighted by Crippen LogP contribution is -1.65. The van der Waals surface area contributed by atoms with Gasteiger partial charge in [-0.2, -0.15) is 0 Å². The Hall–Kier alpha value is -0.560. The molecule has 1 rings (SSSR count). The van der Waals surface area contributed by atoms with Gasteiger partial charge in [-0.15, -0.1) is 11.6 Å². The number of nitrogens with zero attached hydrogens (tertiary/aromatic N) is 1. The fraction of sp³-hybridized carbons (Fsp3) is 0.444. The highest BCUT2D eigenvalue weighted by Gasteiger charge is 1.70. The molecule has 0 aliphatic heterocycles. The van der Waals surface area contributed by atoms with E-state index in [1.54, 1.807) is 12.4 Å². The predicted octanol–water partition coefficient (Wildman–Crippen LogP) is 3.11. The van der Waals surface area contributed by atoms with E-state index in [1.807, 2.05) is 18.2 Å². The minimum atomic E-state index is 0.816. The Labute approximate surface area is 73.4 Å². The Morgan fingerprint density at radius 2 is 1.82 bits per heavy atom. The number of rotatable bonds is 2. The maximum absolute atomic E-state index is 5.30. The molecule has 0 aromatic carbocycles. The molecule has 0 fully saturated rings. The van der Waals surface area contributed by atoms with Gasteiger partial charge < -0.3 is 0 Å². The first-order chi connectivity index (χ1) is 5.41. The minimum Gasteiger partial charge on any atom is -0.265 e. The van der Waals surface area contributed by atoms with E-state index in [4.69, 9.17) is 11.6 Å². The number of alkyl halides is 1. The maximum Gasteiger partial charge on any atom is 0.0267 e. The number of hydrogen-bond acceptors (Lipinski definition) is 1. The summed E-state index contributed by atoms with van der Waals surface area (Å²) in [4.78, 5) is 3.78. The molecule has 1 nitrogen and oxygen atoms in total. The van der Waals surface area contributed by atoms with Crippen molar-refractivity contribution in [1.82, 2.24) is 4.98 Å². The second-order valence-corrected chi connectivity index (χ2v) is 2.45. The van der Waals surface area contributed by atoms with Gasteiger partial charge in [0, 0.05) is 18.3 Å². The second kappa shape index (κ2) is 9.44. The summed E-state index contributed by atoms with van der Waals surface area (Å²) < 4.78 is 0. The van der Waals surface area contributed by atoms with Crippen LogP contribution < -0.4 is 0 Å². The average molecular weight is 172 g/mol. The molecule has 2 heteroatoms. The van der Waals surface area contributed by atoms with Crippen molar-refractivity contribution in [3.05, 3.63) is 30.6 Å². The molecule has 0 N–H and O–H groups in total. The van der Waals surface area contributed by atoms with Gasteiger partial charge in [-0.25, -0.2) is 0 Å². The molecule has 1 aromatic heterocycles. The fourth-order valence-corrected chi connectivity index (χ4v) is 0.713. The van der Waals surface area contributed by atoms with Crippen molar-refractivity contribution < 1.29 is 0 Å². The quantitative estimate of drug-likeness (QED) is 0.624. The lowest BCUT2D eigenvalue weighted by molar-refractivity contribution is 0.892. The lowest BCUT2D eigenvalue weighted by atomic mass is 10.4. The smallest absolute Gasteiger partial charge is 0.0267 e. The van der Waals surface area contributed by atoms with E-state index in [2.05, 4.69) is 11.9 Å². The Morgan fingerprint density at radius 1 is 1.18 bits per heavy atom. The summed E-state index contributed by atoms with van der Waals surface area (Å²) in [5.41, 5.74) is 0. The van der Waals surface area contributed by atoms with Crippen LogP contribution in [0.1, 0.15) is 19.8 Å². The van der Waals surface area contributed by atoms with E-state index in [-0.39, 0.29) is 0 Å². The summed E-state index contributed by atoms with van der Waals surface area (Å²) in [6.07, 6.45) is 5.87. The minimum absolute atomic E-state index is 0.816. The Kier molecular flexibility index (Phi) is 8.96. The third-order valence-electron chi connectivity index (χ3n) is 1.05. The van der Waals surface area contributed by atoms with Gasteiger partial charge in [0.1, 0.15) is 0 Å². The lowest BCUT2D eigenvalue weighted by Gasteiger charge is -1.77. The first-order valence-electron chi connectivity index (χ1n) is 3.82. The molecule has 0 unspecified atom stereocenters. The van der Waals surface area contributed by atoms with Gasteiger partial charge in [-0.05, 0) is 18.6 Å². The fourth-order valence-electron chi connectivity index (χ4n) is 0.446. The molecule has 1 heterocycles. The molecule has 0 bridgehead atoms. The van der Waals surface area contributed by atoms with Crippen molar-refractivity contribution in [2.24, 2.45) is 0 Å². The van der Waals surface area contributed by atoms with Gasteiger partial charge in [0.2, 0.25) is 0 Å². The van der Waals surface area contributed by atoms with Crippen LogP contribution in [0.4, 0.5) is 0 Å². The molecule has 0 saturated carbocycles. The topological polar surface area (TPSA) is 12.9 Å². The summed E-state index contributed by atoms with van der Waals surface area (Å²) in [6.45, 7) is 2.13. The van der Waals surface area contributed by atoms with Crippen LogP contribution in [0.25, 0.3) is 0 Å². The van der Waals surface area contributed by atoms with Gasteiger partial charge in [-0.3, -0.25) is 4.98 Å². The average Bonchev–Trinajstić information content (AvgIpc) is 2.10. The second-order valence-electron chi connectivity index (χ2n) is 2.07. The van der Waals surface area contributed by atoms with Crippen LogP contribution in [0.2, 0.25) is 0 Å². The number of aromatic nitrogens is 1. The first kappa shape index (κ1) is 10.4. The maximum atomic E-state index is 5.30. The van der Waals surface area contributed by atoms with Crippen LogP contribution in [0.15, 0.2) is 30.6 Å². The standard InChI is InChI=1S/C5H5N.C4H9Cl/c1-2-4-6-5-3-1;1-2-3-4-5/h1-5H;2-4H2,1H3.